The Morgan fingerprint density at radius 3 is 2.81 bits per heavy atom. The summed E-state index contributed by atoms with van der Waals surface area (Å²) < 4.78 is 5.15. The van der Waals surface area contributed by atoms with Crippen molar-refractivity contribution < 1.29 is 4.74 Å². The quantitative estimate of drug-likeness (QED) is 0.764. The molecule has 1 rings (SSSR count). The lowest BCUT2D eigenvalue weighted by atomic mass is 10.2. The fraction of sp³-hybridized carbons (Fsp3) is 0.417. The van der Waals surface area contributed by atoms with E-state index in [1.165, 1.54) is 0 Å². The van der Waals surface area contributed by atoms with Gasteiger partial charge in [-0.2, -0.15) is 5.26 Å². The molecule has 16 heavy (non-hydrogen) atoms. The third kappa shape index (κ3) is 3.79. The second kappa shape index (κ2) is 5.99. The standard InChI is InChI=1S/C12H17N3O/c1-15(5-3-4-13)9-10-6-11(14)8-12(7-10)16-2/h6-8H,3,5,9,14H2,1-2H3. The molecular weight excluding hydrogens is 202 g/mol. The molecule has 0 aliphatic carbocycles. The van der Waals surface area contributed by atoms with Crippen molar-refractivity contribution in [2.45, 2.75) is 13.0 Å². The highest BCUT2D eigenvalue weighted by Gasteiger charge is 2.03. The second-order valence-electron chi connectivity index (χ2n) is 3.76. The van der Waals surface area contributed by atoms with Crippen LogP contribution in [-0.4, -0.2) is 25.6 Å². The first kappa shape index (κ1) is 12.3. The summed E-state index contributed by atoms with van der Waals surface area (Å²) in [7, 11) is 3.60. The molecule has 0 spiro atoms. The highest BCUT2D eigenvalue weighted by atomic mass is 16.5. The molecule has 0 fully saturated rings. The van der Waals surface area contributed by atoms with Crippen LogP contribution >= 0.6 is 0 Å². The molecule has 0 aliphatic heterocycles. The Balaban J connectivity index is 2.66. The van der Waals surface area contributed by atoms with Crippen LogP contribution in [0.3, 0.4) is 0 Å². The van der Waals surface area contributed by atoms with E-state index in [0.29, 0.717) is 12.1 Å². The summed E-state index contributed by atoms with van der Waals surface area (Å²) in [5.41, 5.74) is 7.55. The van der Waals surface area contributed by atoms with Gasteiger partial charge in [-0.1, -0.05) is 0 Å². The predicted octanol–water partition coefficient (Wildman–Crippen LogP) is 1.62. The maximum Gasteiger partial charge on any atom is 0.121 e. The van der Waals surface area contributed by atoms with Crippen molar-refractivity contribution >= 4 is 5.69 Å². The van der Waals surface area contributed by atoms with Crippen LogP contribution in [0.5, 0.6) is 5.75 Å². The number of nitrogen functional groups attached to an aromatic ring is 1. The van der Waals surface area contributed by atoms with Crippen molar-refractivity contribution in [2.24, 2.45) is 0 Å². The van der Waals surface area contributed by atoms with E-state index in [1.807, 2.05) is 19.2 Å². The Kier molecular flexibility index (Phi) is 4.62. The second-order valence-corrected chi connectivity index (χ2v) is 3.76. The molecule has 86 valence electrons. The van der Waals surface area contributed by atoms with Gasteiger partial charge in [-0.25, -0.2) is 0 Å². The van der Waals surface area contributed by atoms with Crippen LogP contribution in [0.1, 0.15) is 12.0 Å². The minimum atomic E-state index is 0.538. The van der Waals surface area contributed by atoms with Gasteiger partial charge >= 0.3 is 0 Å². The van der Waals surface area contributed by atoms with Crippen LogP contribution in [0.2, 0.25) is 0 Å². The van der Waals surface area contributed by atoms with Crippen LogP contribution in [0, 0.1) is 11.3 Å². The fourth-order valence-corrected chi connectivity index (χ4v) is 1.53. The highest BCUT2D eigenvalue weighted by molar-refractivity contribution is 5.47. The van der Waals surface area contributed by atoms with E-state index in [9.17, 15) is 0 Å². The number of methoxy groups -OCH3 is 1. The summed E-state index contributed by atoms with van der Waals surface area (Å²) in [6, 6.07) is 7.80. The van der Waals surface area contributed by atoms with Crippen molar-refractivity contribution in [1.82, 2.24) is 4.90 Å². The van der Waals surface area contributed by atoms with E-state index in [0.717, 1.165) is 24.4 Å². The van der Waals surface area contributed by atoms with E-state index < -0.39 is 0 Å². The van der Waals surface area contributed by atoms with Crippen molar-refractivity contribution in [1.29, 1.82) is 5.26 Å². The van der Waals surface area contributed by atoms with Crippen molar-refractivity contribution in [2.75, 3.05) is 26.4 Å². The van der Waals surface area contributed by atoms with E-state index in [2.05, 4.69) is 11.0 Å². The number of nitriles is 1. The molecule has 0 saturated carbocycles. The minimum Gasteiger partial charge on any atom is -0.497 e. The average Bonchev–Trinajstić information content (AvgIpc) is 2.25. The van der Waals surface area contributed by atoms with Crippen molar-refractivity contribution in [3.05, 3.63) is 23.8 Å². The number of rotatable bonds is 5. The summed E-state index contributed by atoms with van der Waals surface area (Å²) >= 11 is 0. The Hall–Kier alpha value is -1.73. The zero-order valence-electron chi connectivity index (χ0n) is 9.73. The van der Waals surface area contributed by atoms with Gasteiger partial charge in [0.05, 0.1) is 13.2 Å². The Labute approximate surface area is 96.2 Å². The lowest BCUT2D eigenvalue weighted by Gasteiger charge is -2.15. The summed E-state index contributed by atoms with van der Waals surface area (Å²) in [5.74, 6) is 0.767. The van der Waals surface area contributed by atoms with Crippen LogP contribution < -0.4 is 10.5 Å². The molecule has 0 heterocycles. The monoisotopic (exact) mass is 219 g/mol. The molecule has 2 N–H and O–H groups in total. The number of ether oxygens (including phenoxy) is 1. The van der Waals surface area contributed by atoms with Crippen molar-refractivity contribution in [3.63, 3.8) is 0 Å². The first-order chi connectivity index (χ1) is 7.65. The maximum atomic E-state index is 8.49. The fourth-order valence-electron chi connectivity index (χ4n) is 1.53. The van der Waals surface area contributed by atoms with Gasteiger partial charge < -0.3 is 15.4 Å². The number of hydrogen-bond acceptors (Lipinski definition) is 4. The molecular formula is C12H17N3O. The van der Waals surface area contributed by atoms with E-state index in [-0.39, 0.29) is 0 Å². The summed E-state index contributed by atoms with van der Waals surface area (Å²) in [6.07, 6.45) is 0.538. The SMILES string of the molecule is COc1cc(N)cc(CN(C)CCC#N)c1. The number of nitrogens with zero attached hydrogens (tertiary/aromatic N) is 2. The van der Waals surface area contributed by atoms with Gasteiger partial charge in [-0.15, -0.1) is 0 Å². The average molecular weight is 219 g/mol. The minimum absolute atomic E-state index is 0.538. The van der Waals surface area contributed by atoms with Gasteiger partial charge in [0, 0.05) is 31.3 Å². The number of benzene rings is 1. The molecule has 0 saturated heterocycles. The van der Waals surface area contributed by atoms with Gasteiger partial charge in [-0.05, 0) is 24.7 Å². The van der Waals surface area contributed by atoms with E-state index >= 15 is 0 Å². The van der Waals surface area contributed by atoms with Gasteiger partial charge in [-0.3, -0.25) is 0 Å². The van der Waals surface area contributed by atoms with Gasteiger partial charge in [0.1, 0.15) is 5.75 Å². The molecule has 0 amide bonds. The smallest absolute Gasteiger partial charge is 0.121 e. The van der Waals surface area contributed by atoms with Crippen molar-refractivity contribution in [3.8, 4) is 11.8 Å². The third-order valence-corrected chi connectivity index (χ3v) is 2.28. The number of anilines is 1. The molecule has 0 unspecified atom stereocenters. The van der Waals surface area contributed by atoms with Crippen LogP contribution in [-0.2, 0) is 6.54 Å². The molecule has 1 aromatic rings. The third-order valence-electron chi connectivity index (χ3n) is 2.28. The molecule has 4 heteroatoms. The molecule has 0 aromatic heterocycles. The van der Waals surface area contributed by atoms with Crippen LogP contribution in [0.4, 0.5) is 5.69 Å². The largest absolute Gasteiger partial charge is 0.497 e. The van der Waals surface area contributed by atoms with Crippen LogP contribution in [0.15, 0.2) is 18.2 Å². The zero-order valence-corrected chi connectivity index (χ0v) is 9.73. The summed E-state index contributed by atoms with van der Waals surface area (Å²) in [5, 5.41) is 8.49. The lowest BCUT2D eigenvalue weighted by Crippen LogP contribution is -2.18. The number of hydrogen-bond donors (Lipinski definition) is 1. The Morgan fingerprint density at radius 1 is 1.44 bits per heavy atom. The Bertz CT molecular complexity index is 384. The molecule has 4 nitrogen and oxygen atoms in total. The maximum absolute atomic E-state index is 8.49. The normalized spacial score (nSPS) is 10.1. The highest BCUT2D eigenvalue weighted by Crippen LogP contribution is 2.19. The van der Waals surface area contributed by atoms with Gasteiger partial charge in [0.25, 0.3) is 0 Å². The first-order valence-electron chi connectivity index (χ1n) is 5.14. The molecule has 0 bridgehead atoms. The zero-order chi connectivity index (χ0) is 12.0. The number of nitrogens with two attached hydrogens (primary N) is 1. The summed E-state index contributed by atoms with van der Waals surface area (Å²) in [6.45, 7) is 1.52. The topological polar surface area (TPSA) is 62.3 Å². The van der Waals surface area contributed by atoms with E-state index in [4.69, 9.17) is 15.7 Å². The predicted molar refractivity (Wildman–Crippen MR) is 64.0 cm³/mol. The van der Waals surface area contributed by atoms with Crippen LogP contribution in [0.25, 0.3) is 0 Å². The summed E-state index contributed by atoms with van der Waals surface area (Å²) in [4.78, 5) is 2.08. The first-order valence-corrected chi connectivity index (χ1v) is 5.14. The Morgan fingerprint density at radius 2 is 2.19 bits per heavy atom. The lowest BCUT2D eigenvalue weighted by molar-refractivity contribution is 0.334. The molecule has 0 aliphatic rings. The molecule has 1 aromatic carbocycles. The van der Waals surface area contributed by atoms with Gasteiger partial charge in [0.15, 0.2) is 0 Å². The molecule has 0 radical (unpaired) electrons. The molecule has 0 atom stereocenters. The van der Waals surface area contributed by atoms with E-state index in [1.54, 1.807) is 13.2 Å². The van der Waals surface area contributed by atoms with Gasteiger partial charge in [0.2, 0.25) is 0 Å².